The third-order valence-corrected chi connectivity index (χ3v) is 5.37. The number of carbonyl (C=O) groups excluding carboxylic acids is 1. The lowest BCUT2D eigenvalue weighted by Crippen LogP contribution is -2.24. The second-order valence-electron chi connectivity index (χ2n) is 6.06. The van der Waals surface area contributed by atoms with Crippen molar-refractivity contribution in [1.82, 2.24) is 0 Å². The van der Waals surface area contributed by atoms with Crippen molar-refractivity contribution >= 4 is 21.9 Å². The summed E-state index contributed by atoms with van der Waals surface area (Å²) in [6.07, 6.45) is 2.39. The summed E-state index contributed by atoms with van der Waals surface area (Å²) in [4.78, 5) is 11.6. The average Bonchev–Trinajstić information content (AvgIpc) is 2.54. The fourth-order valence-corrected chi connectivity index (χ4v) is 3.99. The van der Waals surface area contributed by atoms with Crippen LogP contribution in [0.15, 0.2) is 18.2 Å². The van der Waals surface area contributed by atoms with Gasteiger partial charge in [0, 0.05) is 0 Å². The molecular formula is C18H23BrF2O3. The summed E-state index contributed by atoms with van der Waals surface area (Å²) in [7, 11) is 0. The first-order chi connectivity index (χ1) is 11.4. The van der Waals surface area contributed by atoms with Crippen LogP contribution in [0.25, 0.3) is 0 Å². The Kier molecular flexibility index (Phi) is 7.16. The second kappa shape index (κ2) is 8.90. The van der Waals surface area contributed by atoms with Gasteiger partial charge in [-0.25, -0.2) is 0 Å². The third-order valence-electron chi connectivity index (χ3n) is 4.50. The fourth-order valence-electron chi connectivity index (χ4n) is 3.46. The first kappa shape index (κ1) is 19.3. The molecule has 0 heterocycles. The minimum absolute atomic E-state index is 0.244. The maximum absolute atomic E-state index is 12.4. The Morgan fingerprint density at radius 1 is 1.29 bits per heavy atom. The first-order valence-corrected chi connectivity index (χ1v) is 9.19. The van der Waals surface area contributed by atoms with Crippen LogP contribution in [0, 0.1) is 6.92 Å². The summed E-state index contributed by atoms with van der Waals surface area (Å²) in [5, 5.41) is 0. The van der Waals surface area contributed by atoms with Crippen molar-refractivity contribution in [2.24, 2.45) is 0 Å². The van der Waals surface area contributed by atoms with Crippen molar-refractivity contribution < 1.29 is 23.0 Å². The van der Waals surface area contributed by atoms with E-state index in [0.29, 0.717) is 19.4 Å². The molecule has 1 unspecified atom stereocenters. The summed E-state index contributed by atoms with van der Waals surface area (Å²) in [5.74, 6) is -0.0627. The lowest BCUT2D eigenvalue weighted by molar-refractivity contribution is -0.170. The number of ether oxygens (including phenoxy) is 2. The summed E-state index contributed by atoms with van der Waals surface area (Å²) < 4.78 is 34.5. The lowest BCUT2D eigenvalue weighted by Gasteiger charge is -2.31. The number of carbonyl (C=O) groups is 1. The zero-order chi connectivity index (χ0) is 17.7. The summed E-state index contributed by atoms with van der Waals surface area (Å²) >= 11 is 3.45. The minimum atomic E-state index is -2.71. The number of hydrogen-bond donors (Lipinski definition) is 0. The molecule has 1 aliphatic rings. The van der Waals surface area contributed by atoms with E-state index in [-0.39, 0.29) is 18.0 Å². The fraction of sp³-hybridized carbons (Fsp3) is 0.611. The molecule has 0 radical (unpaired) electrons. The highest BCUT2D eigenvalue weighted by molar-refractivity contribution is 9.09. The zero-order valence-electron chi connectivity index (χ0n) is 13.9. The van der Waals surface area contributed by atoms with Gasteiger partial charge in [-0.2, -0.15) is 8.78 Å². The number of rotatable bonds is 6. The van der Waals surface area contributed by atoms with Gasteiger partial charge in [-0.15, -0.1) is 0 Å². The Balaban J connectivity index is 2.17. The van der Waals surface area contributed by atoms with Crippen molar-refractivity contribution in [1.29, 1.82) is 0 Å². The van der Waals surface area contributed by atoms with Crippen LogP contribution >= 0.6 is 15.9 Å². The zero-order valence-corrected chi connectivity index (χ0v) is 15.5. The molecule has 0 bridgehead atoms. The van der Waals surface area contributed by atoms with E-state index in [9.17, 15) is 13.6 Å². The van der Waals surface area contributed by atoms with Crippen molar-refractivity contribution in [2.75, 3.05) is 6.61 Å². The van der Waals surface area contributed by atoms with E-state index < -0.39 is 11.4 Å². The standard InChI is InChI=1S/C18H23BrF2O3/c1-3-23-17(22)16(19)14-6-4-5-11(2)15(14)12-7-9-13(10-8-12)24-18(20)21/h4-6,12-13,16,18H,3,7-10H2,1-2H3. The Hall–Kier alpha value is -1.01. The van der Waals surface area contributed by atoms with E-state index >= 15 is 0 Å². The maximum atomic E-state index is 12.4. The molecule has 134 valence electrons. The molecule has 0 spiro atoms. The van der Waals surface area contributed by atoms with E-state index in [0.717, 1.165) is 29.5 Å². The molecule has 0 N–H and O–H groups in total. The number of esters is 1. The average molecular weight is 405 g/mol. The molecule has 1 aromatic carbocycles. The molecule has 2 rings (SSSR count). The van der Waals surface area contributed by atoms with Gasteiger partial charge >= 0.3 is 12.6 Å². The van der Waals surface area contributed by atoms with Gasteiger partial charge in [0.15, 0.2) is 0 Å². The Morgan fingerprint density at radius 2 is 1.96 bits per heavy atom. The van der Waals surface area contributed by atoms with E-state index in [2.05, 4.69) is 20.7 Å². The molecule has 6 heteroatoms. The molecule has 1 saturated carbocycles. The quantitative estimate of drug-likeness (QED) is 0.479. The number of alkyl halides is 3. The van der Waals surface area contributed by atoms with Gasteiger partial charge in [0.2, 0.25) is 0 Å². The topological polar surface area (TPSA) is 35.5 Å². The SMILES string of the molecule is CCOC(=O)C(Br)c1cccc(C)c1C1CCC(OC(F)F)CC1. The lowest BCUT2D eigenvalue weighted by atomic mass is 9.78. The molecule has 24 heavy (non-hydrogen) atoms. The summed E-state index contributed by atoms with van der Waals surface area (Å²) in [6.45, 7) is 1.42. The predicted molar refractivity (Wildman–Crippen MR) is 91.6 cm³/mol. The number of aryl methyl sites for hydroxylation is 1. The van der Waals surface area contributed by atoms with Gasteiger partial charge in [-0.05, 0) is 62.1 Å². The largest absolute Gasteiger partial charge is 0.465 e. The van der Waals surface area contributed by atoms with Crippen LogP contribution < -0.4 is 0 Å². The smallest absolute Gasteiger partial charge is 0.345 e. The summed E-state index contributed by atoms with van der Waals surface area (Å²) in [6, 6.07) is 5.87. The molecule has 1 fully saturated rings. The van der Waals surface area contributed by atoms with Crippen LogP contribution in [-0.4, -0.2) is 25.3 Å². The van der Waals surface area contributed by atoms with E-state index in [4.69, 9.17) is 4.74 Å². The molecular weight excluding hydrogens is 382 g/mol. The van der Waals surface area contributed by atoms with Gasteiger partial charge in [-0.1, -0.05) is 34.1 Å². The number of benzene rings is 1. The Labute approximate surface area is 149 Å². The van der Waals surface area contributed by atoms with E-state index in [1.807, 2.05) is 25.1 Å². The van der Waals surface area contributed by atoms with Gasteiger partial charge < -0.3 is 9.47 Å². The molecule has 0 aliphatic heterocycles. The maximum Gasteiger partial charge on any atom is 0.345 e. The minimum Gasteiger partial charge on any atom is -0.465 e. The van der Waals surface area contributed by atoms with Crippen LogP contribution in [-0.2, 0) is 14.3 Å². The van der Waals surface area contributed by atoms with Gasteiger partial charge in [0.1, 0.15) is 4.83 Å². The third kappa shape index (κ3) is 4.76. The molecule has 0 aromatic heterocycles. The molecule has 1 aromatic rings. The van der Waals surface area contributed by atoms with Crippen molar-refractivity contribution in [3.63, 3.8) is 0 Å². The highest BCUT2D eigenvalue weighted by atomic mass is 79.9. The highest BCUT2D eigenvalue weighted by Gasteiger charge is 2.30. The summed E-state index contributed by atoms with van der Waals surface area (Å²) in [5.41, 5.74) is 3.15. The van der Waals surface area contributed by atoms with Crippen LogP contribution in [0.1, 0.15) is 60.0 Å². The van der Waals surface area contributed by atoms with Crippen molar-refractivity contribution in [3.8, 4) is 0 Å². The number of hydrogen-bond acceptors (Lipinski definition) is 3. The first-order valence-electron chi connectivity index (χ1n) is 8.27. The van der Waals surface area contributed by atoms with E-state index in [1.54, 1.807) is 6.92 Å². The number of halogens is 3. The monoisotopic (exact) mass is 404 g/mol. The van der Waals surface area contributed by atoms with Gasteiger partial charge in [0.25, 0.3) is 0 Å². The molecule has 0 saturated heterocycles. The van der Waals surface area contributed by atoms with Crippen molar-refractivity contribution in [3.05, 3.63) is 34.9 Å². The molecule has 1 atom stereocenters. The van der Waals surface area contributed by atoms with Crippen LogP contribution in [0.2, 0.25) is 0 Å². The molecule has 3 nitrogen and oxygen atoms in total. The van der Waals surface area contributed by atoms with Crippen molar-refractivity contribution in [2.45, 2.75) is 63.0 Å². The Bertz CT molecular complexity index is 557. The van der Waals surface area contributed by atoms with Crippen LogP contribution in [0.5, 0.6) is 0 Å². The van der Waals surface area contributed by atoms with Gasteiger partial charge in [-0.3, -0.25) is 4.79 Å². The molecule has 0 amide bonds. The normalized spacial score (nSPS) is 22.4. The second-order valence-corrected chi connectivity index (χ2v) is 6.98. The van der Waals surface area contributed by atoms with E-state index in [1.165, 1.54) is 0 Å². The highest BCUT2D eigenvalue weighted by Crippen LogP contribution is 2.41. The van der Waals surface area contributed by atoms with Gasteiger partial charge in [0.05, 0.1) is 12.7 Å². The Morgan fingerprint density at radius 3 is 2.54 bits per heavy atom. The van der Waals surface area contributed by atoms with Crippen LogP contribution in [0.4, 0.5) is 8.78 Å². The molecule has 1 aliphatic carbocycles. The van der Waals surface area contributed by atoms with Crippen LogP contribution in [0.3, 0.4) is 0 Å². The predicted octanol–water partition coefficient (Wildman–Crippen LogP) is 5.26.